The van der Waals surface area contributed by atoms with Crippen LogP contribution in [0.15, 0.2) is 36.4 Å². The molecule has 0 saturated heterocycles. The molecule has 0 atom stereocenters. The van der Waals surface area contributed by atoms with Gasteiger partial charge < -0.3 is 0 Å². The van der Waals surface area contributed by atoms with Crippen molar-refractivity contribution in [3.63, 3.8) is 0 Å². The highest BCUT2D eigenvalue weighted by atomic mass is 16.6. The third-order valence-electron chi connectivity index (χ3n) is 3.59. The second kappa shape index (κ2) is 5.30. The molecule has 0 amide bonds. The van der Waals surface area contributed by atoms with E-state index in [-0.39, 0.29) is 11.4 Å². The zero-order chi connectivity index (χ0) is 15.7. The first-order valence-electron chi connectivity index (χ1n) is 6.61. The molecule has 0 unspecified atom stereocenters. The molecule has 6 nitrogen and oxygen atoms in total. The number of fused-ring (bicyclic) bond motifs is 2. The third kappa shape index (κ3) is 2.52. The van der Waals surface area contributed by atoms with Crippen LogP contribution in [0, 0.1) is 32.1 Å². The van der Waals surface area contributed by atoms with Crippen molar-refractivity contribution in [2.24, 2.45) is 0 Å². The Morgan fingerprint density at radius 3 is 1.55 bits per heavy atom. The normalized spacial score (nSPS) is 12.0. The van der Waals surface area contributed by atoms with Crippen molar-refractivity contribution in [1.29, 1.82) is 0 Å². The van der Waals surface area contributed by atoms with Crippen LogP contribution in [0.3, 0.4) is 0 Å². The number of nitro benzene ring substituents is 2. The Kier molecular flexibility index (Phi) is 3.31. The molecule has 22 heavy (non-hydrogen) atoms. The number of aryl methyl sites for hydroxylation is 2. The van der Waals surface area contributed by atoms with E-state index in [2.05, 4.69) is 11.8 Å². The van der Waals surface area contributed by atoms with Crippen molar-refractivity contribution < 1.29 is 9.85 Å². The Labute approximate surface area is 125 Å². The molecule has 3 rings (SSSR count). The summed E-state index contributed by atoms with van der Waals surface area (Å²) in [6, 6.07) is 9.21. The van der Waals surface area contributed by atoms with Crippen LogP contribution in [0.2, 0.25) is 0 Å². The predicted octanol–water partition coefficient (Wildman–Crippen LogP) is 3.00. The maximum atomic E-state index is 10.9. The molecular weight excluding hydrogens is 284 g/mol. The maximum Gasteiger partial charge on any atom is 0.269 e. The highest BCUT2D eigenvalue weighted by Gasteiger charge is 2.15. The number of benzene rings is 2. The quantitative estimate of drug-likeness (QED) is 0.484. The van der Waals surface area contributed by atoms with E-state index in [1.807, 2.05) is 0 Å². The van der Waals surface area contributed by atoms with E-state index in [4.69, 9.17) is 0 Å². The zero-order valence-electron chi connectivity index (χ0n) is 11.4. The van der Waals surface area contributed by atoms with E-state index in [0.717, 1.165) is 22.3 Å². The topological polar surface area (TPSA) is 86.3 Å². The molecule has 0 bridgehead atoms. The molecule has 0 saturated carbocycles. The monoisotopic (exact) mass is 294 g/mol. The van der Waals surface area contributed by atoms with Crippen LogP contribution in [0.1, 0.15) is 22.3 Å². The lowest BCUT2D eigenvalue weighted by molar-refractivity contribution is -0.385. The van der Waals surface area contributed by atoms with Crippen LogP contribution in [0.5, 0.6) is 0 Å². The van der Waals surface area contributed by atoms with Gasteiger partial charge >= 0.3 is 0 Å². The third-order valence-corrected chi connectivity index (χ3v) is 3.59. The summed E-state index contributed by atoms with van der Waals surface area (Å²) in [4.78, 5) is 20.8. The summed E-state index contributed by atoms with van der Waals surface area (Å²) in [5.74, 6) is 5.99. The van der Waals surface area contributed by atoms with Gasteiger partial charge in [0.2, 0.25) is 0 Å². The van der Waals surface area contributed by atoms with Gasteiger partial charge in [-0.15, -0.1) is 0 Å². The van der Waals surface area contributed by atoms with Crippen molar-refractivity contribution in [2.75, 3.05) is 0 Å². The van der Waals surface area contributed by atoms with Crippen LogP contribution < -0.4 is 0 Å². The molecule has 0 radical (unpaired) electrons. The highest BCUT2D eigenvalue weighted by Crippen LogP contribution is 2.24. The number of rotatable bonds is 2. The number of hydrogen-bond acceptors (Lipinski definition) is 4. The number of hydrogen-bond donors (Lipinski definition) is 0. The Bertz CT molecular complexity index is 793. The summed E-state index contributed by atoms with van der Waals surface area (Å²) in [6.45, 7) is 0. The molecule has 0 N–H and O–H groups in total. The van der Waals surface area contributed by atoms with Gasteiger partial charge in [-0.3, -0.25) is 20.2 Å². The fraction of sp³-hybridized carbons (Fsp3) is 0.125. The summed E-state index contributed by atoms with van der Waals surface area (Å²) in [7, 11) is 0. The van der Waals surface area contributed by atoms with Crippen LogP contribution in [-0.4, -0.2) is 9.85 Å². The number of non-ortho nitro benzene ring substituents is 2. The number of nitro groups is 2. The summed E-state index contributed by atoms with van der Waals surface area (Å²) in [5.41, 5.74) is 3.16. The molecule has 0 heterocycles. The van der Waals surface area contributed by atoms with Crippen LogP contribution >= 0.6 is 0 Å². The first kappa shape index (κ1) is 13.8. The van der Waals surface area contributed by atoms with Crippen molar-refractivity contribution in [3.05, 3.63) is 78.9 Å². The van der Waals surface area contributed by atoms with Crippen molar-refractivity contribution in [3.8, 4) is 11.8 Å². The molecule has 0 aliphatic heterocycles. The number of nitrogens with zero attached hydrogens (tertiary/aromatic N) is 2. The van der Waals surface area contributed by atoms with Gasteiger partial charge in [0.15, 0.2) is 0 Å². The van der Waals surface area contributed by atoms with Gasteiger partial charge in [0, 0.05) is 35.4 Å². The van der Waals surface area contributed by atoms with Crippen LogP contribution in [-0.2, 0) is 12.8 Å². The highest BCUT2D eigenvalue weighted by molar-refractivity contribution is 5.55. The molecule has 108 valence electrons. The summed E-state index contributed by atoms with van der Waals surface area (Å²) < 4.78 is 0. The minimum absolute atomic E-state index is 0.0281. The molecule has 0 aromatic heterocycles. The summed E-state index contributed by atoms with van der Waals surface area (Å²) in [6.07, 6.45) is 1.11. The van der Waals surface area contributed by atoms with Crippen molar-refractivity contribution in [2.45, 2.75) is 12.8 Å². The summed E-state index contributed by atoms with van der Waals surface area (Å²) in [5, 5.41) is 21.7. The molecule has 2 aromatic carbocycles. The molecule has 0 fully saturated rings. The van der Waals surface area contributed by atoms with Gasteiger partial charge in [-0.1, -0.05) is 11.8 Å². The zero-order valence-corrected chi connectivity index (χ0v) is 11.4. The largest absolute Gasteiger partial charge is 0.269 e. The van der Waals surface area contributed by atoms with Crippen molar-refractivity contribution in [1.82, 2.24) is 0 Å². The Morgan fingerprint density at radius 1 is 0.773 bits per heavy atom. The van der Waals surface area contributed by atoms with Crippen molar-refractivity contribution >= 4 is 11.4 Å². The SMILES string of the molecule is O=[N+]([O-])c1ccc2c(c1)CCc1cc([N+](=O)[O-])ccc1C#C2. The van der Waals surface area contributed by atoms with E-state index >= 15 is 0 Å². The van der Waals surface area contributed by atoms with E-state index in [9.17, 15) is 20.2 Å². The lowest BCUT2D eigenvalue weighted by Gasteiger charge is -2.10. The average molecular weight is 294 g/mol. The lowest BCUT2D eigenvalue weighted by Crippen LogP contribution is -2.02. The minimum atomic E-state index is -0.439. The van der Waals surface area contributed by atoms with E-state index in [1.54, 1.807) is 12.1 Å². The Hall–Kier alpha value is -3.20. The van der Waals surface area contributed by atoms with E-state index < -0.39 is 9.85 Å². The van der Waals surface area contributed by atoms with Crippen LogP contribution in [0.25, 0.3) is 0 Å². The van der Waals surface area contributed by atoms with E-state index in [1.165, 1.54) is 24.3 Å². The average Bonchev–Trinajstić information content (AvgIpc) is 2.48. The fourth-order valence-corrected chi connectivity index (χ4v) is 2.45. The standard InChI is InChI=1S/C16H10N2O4/c19-17(20)15-7-5-11-1-2-12-6-8-16(18(21)22)10-14(12)4-3-13(11)9-15/h5-10H,3-4H2. The smallest absolute Gasteiger partial charge is 0.258 e. The second-order valence-corrected chi connectivity index (χ2v) is 4.95. The molecule has 1 aliphatic carbocycles. The predicted molar refractivity (Wildman–Crippen MR) is 79.6 cm³/mol. The maximum absolute atomic E-state index is 10.9. The van der Waals surface area contributed by atoms with Gasteiger partial charge in [-0.2, -0.15) is 0 Å². The minimum Gasteiger partial charge on any atom is -0.258 e. The lowest BCUT2D eigenvalue weighted by atomic mass is 9.94. The van der Waals surface area contributed by atoms with Crippen LogP contribution in [0.4, 0.5) is 11.4 Å². The summed E-state index contributed by atoms with van der Waals surface area (Å²) >= 11 is 0. The Morgan fingerprint density at radius 2 is 1.18 bits per heavy atom. The second-order valence-electron chi connectivity index (χ2n) is 4.95. The molecule has 0 spiro atoms. The van der Waals surface area contributed by atoms with Gasteiger partial charge in [0.05, 0.1) is 9.85 Å². The molecular formula is C16H10N2O4. The molecule has 6 heteroatoms. The fourth-order valence-electron chi connectivity index (χ4n) is 2.45. The van der Waals surface area contributed by atoms with Gasteiger partial charge in [0.25, 0.3) is 11.4 Å². The van der Waals surface area contributed by atoms with E-state index in [0.29, 0.717) is 12.8 Å². The molecule has 2 aromatic rings. The van der Waals surface area contributed by atoms with Gasteiger partial charge in [-0.05, 0) is 36.1 Å². The van der Waals surface area contributed by atoms with Gasteiger partial charge in [-0.25, -0.2) is 0 Å². The van der Waals surface area contributed by atoms with Gasteiger partial charge in [0.1, 0.15) is 0 Å². The Balaban J connectivity index is 2.06. The molecule has 1 aliphatic rings. The first-order chi connectivity index (χ1) is 10.5. The first-order valence-corrected chi connectivity index (χ1v) is 6.61.